The standard InChI is InChI=1S/C25H24N2OS/c1-3-28-23-15-13-22(14-16-23)26-25-27(17-20-11-9-19(2)10-12-20)24(18-29-25)21-7-5-4-6-8-21/h4-16,18H,3,17H2,1-2H3. The van der Waals surface area contributed by atoms with Gasteiger partial charge in [0.15, 0.2) is 4.80 Å². The molecule has 4 heteroatoms. The van der Waals surface area contributed by atoms with Crippen LogP contribution in [0.5, 0.6) is 5.75 Å². The van der Waals surface area contributed by atoms with E-state index in [9.17, 15) is 0 Å². The molecule has 0 amide bonds. The van der Waals surface area contributed by atoms with Gasteiger partial charge in [-0.05, 0) is 49.2 Å². The molecule has 0 saturated heterocycles. The molecule has 3 aromatic carbocycles. The molecule has 4 aromatic rings. The van der Waals surface area contributed by atoms with E-state index in [0.29, 0.717) is 6.61 Å². The Bertz CT molecular complexity index is 1120. The lowest BCUT2D eigenvalue weighted by molar-refractivity contribution is 0.340. The van der Waals surface area contributed by atoms with E-state index >= 15 is 0 Å². The Hall–Kier alpha value is -3.11. The first-order valence-corrected chi connectivity index (χ1v) is 10.7. The molecule has 0 bridgehead atoms. The van der Waals surface area contributed by atoms with Gasteiger partial charge >= 0.3 is 0 Å². The molecule has 0 atom stereocenters. The molecule has 0 saturated carbocycles. The van der Waals surface area contributed by atoms with Crippen LogP contribution in [0.4, 0.5) is 5.69 Å². The Morgan fingerprint density at radius 2 is 1.62 bits per heavy atom. The minimum atomic E-state index is 0.665. The number of hydrogen-bond donors (Lipinski definition) is 0. The van der Waals surface area contributed by atoms with Crippen LogP contribution in [0.15, 0.2) is 89.2 Å². The van der Waals surface area contributed by atoms with Crippen LogP contribution in [0.3, 0.4) is 0 Å². The van der Waals surface area contributed by atoms with Gasteiger partial charge in [0, 0.05) is 5.38 Å². The molecule has 1 heterocycles. The van der Waals surface area contributed by atoms with Crippen molar-refractivity contribution < 1.29 is 4.74 Å². The Morgan fingerprint density at radius 1 is 0.897 bits per heavy atom. The van der Waals surface area contributed by atoms with Gasteiger partial charge in [0.1, 0.15) is 5.75 Å². The topological polar surface area (TPSA) is 26.5 Å². The molecule has 0 aliphatic carbocycles. The van der Waals surface area contributed by atoms with Crippen molar-refractivity contribution in [2.45, 2.75) is 20.4 Å². The SMILES string of the molecule is CCOc1ccc(N=c2scc(-c3ccccc3)n2Cc2ccc(C)cc2)cc1. The molecule has 0 aliphatic heterocycles. The highest BCUT2D eigenvalue weighted by molar-refractivity contribution is 7.07. The molecule has 3 nitrogen and oxygen atoms in total. The smallest absolute Gasteiger partial charge is 0.190 e. The number of nitrogens with zero attached hydrogens (tertiary/aromatic N) is 2. The van der Waals surface area contributed by atoms with E-state index in [4.69, 9.17) is 9.73 Å². The predicted molar refractivity (Wildman–Crippen MR) is 121 cm³/mol. The fourth-order valence-electron chi connectivity index (χ4n) is 3.18. The van der Waals surface area contributed by atoms with Crippen LogP contribution < -0.4 is 9.54 Å². The van der Waals surface area contributed by atoms with Gasteiger partial charge < -0.3 is 9.30 Å². The van der Waals surface area contributed by atoms with Crippen LogP contribution in [-0.4, -0.2) is 11.2 Å². The molecule has 0 unspecified atom stereocenters. The van der Waals surface area contributed by atoms with Crippen LogP contribution in [-0.2, 0) is 6.54 Å². The molecule has 0 aliphatic rings. The number of benzene rings is 3. The number of aryl methyl sites for hydroxylation is 1. The quantitative estimate of drug-likeness (QED) is 0.378. The summed E-state index contributed by atoms with van der Waals surface area (Å²) in [5.74, 6) is 0.870. The van der Waals surface area contributed by atoms with Crippen molar-refractivity contribution >= 4 is 17.0 Å². The van der Waals surface area contributed by atoms with E-state index in [1.807, 2.05) is 37.3 Å². The van der Waals surface area contributed by atoms with Crippen molar-refractivity contribution in [3.63, 3.8) is 0 Å². The maximum Gasteiger partial charge on any atom is 0.190 e. The van der Waals surface area contributed by atoms with Crippen molar-refractivity contribution in [2.75, 3.05) is 6.61 Å². The van der Waals surface area contributed by atoms with Gasteiger partial charge in [-0.1, -0.05) is 60.2 Å². The minimum Gasteiger partial charge on any atom is -0.494 e. The Morgan fingerprint density at radius 3 is 2.31 bits per heavy atom. The van der Waals surface area contributed by atoms with Crippen LogP contribution >= 0.6 is 11.3 Å². The van der Waals surface area contributed by atoms with Gasteiger partial charge in [-0.2, -0.15) is 0 Å². The lowest BCUT2D eigenvalue weighted by Gasteiger charge is -2.10. The van der Waals surface area contributed by atoms with Crippen molar-refractivity contribution in [3.05, 3.63) is 100 Å². The van der Waals surface area contributed by atoms with Crippen LogP contribution in [0.2, 0.25) is 0 Å². The van der Waals surface area contributed by atoms with Gasteiger partial charge in [0.25, 0.3) is 0 Å². The Kier molecular flexibility index (Phi) is 5.92. The zero-order valence-corrected chi connectivity index (χ0v) is 17.5. The fourth-order valence-corrected chi connectivity index (χ4v) is 4.11. The predicted octanol–water partition coefficient (Wildman–Crippen LogP) is 6.20. The van der Waals surface area contributed by atoms with Crippen LogP contribution in [0.25, 0.3) is 11.3 Å². The normalized spacial score (nSPS) is 11.6. The lowest BCUT2D eigenvalue weighted by atomic mass is 10.1. The molecule has 0 spiro atoms. The Labute approximate surface area is 175 Å². The first-order chi connectivity index (χ1) is 14.2. The van der Waals surface area contributed by atoms with Crippen LogP contribution in [0, 0.1) is 6.92 Å². The summed E-state index contributed by atoms with van der Waals surface area (Å²) in [6.07, 6.45) is 0. The highest BCUT2D eigenvalue weighted by atomic mass is 32.1. The van der Waals surface area contributed by atoms with Gasteiger partial charge in [-0.3, -0.25) is 0 Å². The monoisotopic (exact) mass is 400 g/mol. The average molecular weight is 401 g/mol. The number of aromatic nitrogens is 1. The third kappa shape index (κ3) is 4.66. The van der Waals surface area contributed by atoms with Gasteiger partial charge in [-0.25, -0.2) is 4.99 Å². The molecule has 0 N–H and O–H groups in total. The zero-order valence-electron chi connectivity index (χ0n) is 16.7. The Balaban J connectivity index is 1.76. The van der Waals surface area contributed by atoms with Crippen LogP contribution in [0.1, 0.15) is 18.1 Å². The minimum absolute atomic E-state index is 0.665. The van der Waals surface area contributed by atoms with Crippen molar-refractivity contribution in [1.82, 2.24) is 4.57 Å². The van der Waals surface area contributed by atoms with Gasteiger partial charge in [0.05, 0.1) is 24.5 Å². The number of rotatable bonds is 6. The summed E-state index contributed by atoms with van der Waals surface area (Å²) in [5, 5.41) is 2.19. The summed E-state index contributed by atoms with van der Waals surface area (Å²) in [7, 11) is 0. The molecule has 4 rings (SSSR count). The third-order valence-corrected chi connectivity index (χ3v) is 5.56. The summed E-state index contributed by atoms with van der Waals surface area (Å²) in [6.45, 7) is 5.55. The molecule has 0 radical (unpaired) electrons. The van der Waals surface area contributed by atoms with E-state index in [0.717, 1.165) is 22.8 Å². The third-order valence-electron chi connectivity index (χ3n) is 4.70. The first kappa shape index (κ1) is 19.2. The second kappa shape index (κ2) is 8.93. The number of ether oxygens (including phenoxy) is 1. The van der Waals surface area contributed by atoms with Gasteiger partial charge in [-0.15, -0.1) is 11.3 Å². The summed E-state index contributed by atoms with van der Waals surface area (Å²) < 4.78 is 7.83. The molecule has 146 valence electrons. The van der Waals surface area contributed by atoms with E-state index in [1.165, 1.54) is 22.4 Å². The van der Waals surface area contributed by atoms with Crippen molar-refractivity contribution in [1.29, 1.82) is 0 Å². The van der Waals surface area contributed by atoms with E-state index in [2.05, 4.69) is 65.4 Å². The largest absolute Gasteiger partial charge is 0.494 e. The fraction of sp³-hybridized carbons (Fsp3) is 0.160. The van der Waals surface area contributed by atoms with Crippen molar-refractivity contribution in [3.8, 4) is 17.0 Å². The maximum atomic E-state index is 5.54. The van der Waals surface area contributed by atoms with E-state index in [1.54, 1.807) is 11.3 Å². The first-order valence-electron chi connectivity index (χ1n) is 9.80. The van der Waals surface area contributed by atoms with Crippen molar-refractivity contribution in [2.24, 2.45) is 4.99 Å². The zero-order chi connectivity index (χ0) is 20.1. The highest BCUT2D eigenvalue weighted by Crippen LogP contribution is 2.23. The molecular weight excluding hydrogens is 376 g/mol. The number of thiazole rings is 1. The van der Waals surface area contributed by atoms with Gasteiger partial charge in [0.2, 0.25) is 0 Å². The molecule has 0 fully saturated rings. The summed E-state index contributed by atoms with van der Waals surface area (Å²) in [6, 6.07) is 27.1. The van der Waals surface area contributed by atoms with E-state index < -0.39 is 0 Å². The average Bonchev–Trinajstić information content (AvgIpc) is 3.14. The second-order valence-electron chi connectivity index (χ2n) is 6.88. The molecule has 29 heavy (non-hydrogen) atoms. The molecule has 1 aromatic heterocycles. The number of hydrogen-bond acceptors (Lipinski definition) is 3. The lowest BCUT2D eigenvalue weighted by Crippen LogP contribution is -2.16. The summed E-state index contributed by atoms with van der Waals surface area (Å²) in [5.41, 5.74) is 5.84. The maximum absolute atomic E-state index is 5.54. The molecular formula is C25H24N2OS. The van der Waals surface area contributed by atoms with E-state index in [-0.39, 0.29) is 0 Å². The highest BCUT2D eigenvalue weighted by Gasteiger charge is 2.09. The second-order valence-corrected chi connectivity index (χ2v) is 7.72. The summed E-state index contributed by atoms with van der Waals surface area (Å²) in [4.78, 5) is 5.91. The summed E-state index contributed by atoms with van der Waals surface area (Å²) >= 11 is 1.67.